The number of aryl methyl sites for hydroxylation is 6. The summed E-state index contributed by atoms with van der Waals surface area (Å²) >= 11 is -0.0687. The average Bonchev–Trinajstić information content (AvgIpc) is 1.59. The SMILES string of the molecule is C=Cc1ccccc1CN(Cc1ccccc1)Cc1ccccc1.CCc1cccc(CC)c1C1[CH-]N(C)C(C)(C)C1.CCc1cccc(CC)c1N1[CH-]C(C)(C)CC1(C)C.CCc1cccc(CC)c1N1[CH-]C(C)(c2ccccc2)CC1(C)C.[Cl][Cu].[Cl][Ru]([Cl])=[CH]c1ccccc1CN(Cc1ccccc1)Cc1ccccc1.[Cl][Ru]([Cl])=[C]1C=C(c2ccccc2)c2ccccc21. The molecule has 12 aromatic carbocycles. The van der Waals surface area contributed by atoms with E-state index in [1.165, 1.54) is 124 Å². The summed E-state index contributed by atoms with van der Waals surface area (Å²) in [7, 11) is 31.0. The Bertz CT molecular complexity index is 5490. The second-order valence-electron chi connectivity index (χ2n) is 37.2. The van der Waals surface area contributed by atoms with Crippen LogP contribution in [-0.4, -0.2) is 47.1 Å². The van der Waals surface area contributed by atoms with E-state index in [1.807, 2.05) is 41.0 Å². The molecule has 0 aromatic heterocycles. The average molecular weight is 2070 g/mol. The number of likely N-dealkylation sites (N-methyl/N-ethyl adjacent to an activating group) is 1. The number of benzene rings is 12. The first-order valence-electron chi connectivity index (χ1n) is 46.4. The van der Waals surface area contributed by atoms with E-state index >= 15 is 0 Å². The molecule has 4 aliphatic rings. The summed E-state index contributed by atoms with van der Waals surface area (Å²) in [5, 5.41) is 0. The molecule has 0 radical (unpaired) electrons. The predicted molar refractivity (Wildman–Crippen MR) is 561 cm³/mol. The Morgan fingerprint density at radius 1 is 0.389 bits per heavy atom. The van der Waals surface area contributed by atoms with E-state index in [0.29, 0.717) is 5.92 Å². The van der Waals surface area contributed by atoms with E-state index < -0.39 is 27.0 Å². The Balaban J connectivity index is 0.000000163. The first kappa shape index (κ1) is 106. The maximum absolute atomic E-state index is 6.19. The van der Waals surface area contributed by atoms with E-state index in [0.717, 1.165) is 93.9 Å². The van der Waals surface area contributed by atoms with Gasteiger partial charge < -0.3 is 14.7 Å². The van der Waals surface area contributed by atoms with Crippen LogP contribution in [0.4, 0.5) is 11.4 Å². The molecular formula is C118H138Cl5CuN5Ru2-3. The summed E-state index contributed by atoms with van der Waals surface area (Å²) in [4.78, 5) is 12.4. The maximum atomic E-state index is 6.19. The predicted octanol–water partition coefficient (Wildman–Crippen LogP) is 31.8. The molecule has 0 N–H and O–H groups in total. The van der Waals surface area contributed by atoms with Crippen LogP contribution in [0, 0.1) is 25.0 Å². The van der Waals surface area contributed by atoms with Crippen molar-refractivity contribution in [3.63, 3.8) is 0 Å². The number of nitrogens with zero attached hydrogens (tertiary/aromatic N) is 5. The second-order valence-corrected chi connectivity index (χ2v) is 48.8. The van der Waals surface area contributed by atoms with Gasteiger partial charge in [0.1, 0.15) is 0 Å². The Labute approximate surface area is 828 Å². The van der Waals surface area contributed by atoms with Gasteiger partial charge >= 0.3 is 314 Å². The number of likely N-dealkylation sites (tertiary alicyclic amines) is 1. The van der Waals surface area contributed by atoms with Crippen molar-refractivity contribution in [3.8, 4) is 0 Å². The number of anilines is 2. The summed E-state index contributed by atoms with van der Waals surface area (Å²) in [6.07, 6.45) is 14.3. The van der Waals surface area contributed by atoms with Gasteiger partial charge in [-0.15, -0.1) is 16.7 Å². The van der Waals surface area contributed by atoms with Gasteiger partial charge in [0, 0.05) is 42.1 Å². The fraction of sp³-hybridized carbons (Fsp3) is 0.314. The molecule has 3 saturated heterocycles. The van der Waals surface area contributed by atoms with Gasteiger partial charge in [-0.3, -0.25) is 11.4 Å². The fourth-order valence-corrected chi connectivity index (χ4v) is 23.6. The van der Waals surface area contributed by atoms with Crippen LogP contribution in [0.5, 0.6) is 0 Å². The summed E-state index contributed by atoms with van der Waals surface area (Å²) in [6, 6.07) is 109. The van der Waals surface area contributed by atoms with Crippen molar-refractivity contribution in [3.05, 3.63) is 447 Å². The fourth-order valence-electron chi connectivity index (χ4n) is 19.3. The van der Waals surface area contributed by atoms with Crippen LogP contribution in [0.15, 0.2) is 322 Å². The number of fused-ring (bicyclic) bond motifs is 1. The van der Waals surface area contributed by atoms with Gasteiger partial charge in [0.2, 0.25) is 0 Å². The zero-order chi connectivity index (χ0) is 94.3. The molecule has 2 unspecified atom stereocenters. The van der Waals surface area contributed by atoms with Gasteiger partial charge in [0.05, 0.1) is 0 Å². The Hall–Kier alpha value is -7.44. The molecular weight excluding hydrogens is 1930 g/mol. The molecule has 12 aromatic rings. The molecule has 3 aliphatic heterocycles. The zero-order valence-corrected chi connectivity index (χ0v) is 88.1. The molecule has 13 heteroatoms. The molecule has 0 bridgehead atoms. The van der Waals surface area contributed by atoms with Crippen molar-refractivity contribution in [2.75, 3.05) is 16.8 Å². The molecule has 3 heterocycles. The van der Waals surface area contributed by atoms with Crippen molar-refractivity contribution in [2.45, 2.75) is 229 Å². The molecule has 1 aliphatic carbocycles. The van der Waals surface area contributed by atoms with E-state index in [4.69, 9.17) is 38.8 Å². The van der Waals surface area contributed by atoms with Crippen molar-refractivity contribution in [1.82, 2.24) is 14.7 Å². The topological polar surface area (TPSA) is 16.2 Å². The third kappa shape index (κ3) is 29.8. The molecule has 3 fully saturated rings. The molecule has 700 valence electrons. The third-order valence-corrected chi connectivity index (χ3v) is 30.5. The second kappa shape index (κ2) is 51.5. The molecule has 5 nitrogen and oxygen atoms in total. The number of hydrogen-bond donors (Lipinski definition) is 0. The molecule has 131 heavy (non-hydrogen) atoms. The van der Waals surface area contributed by atoms with Crippen LogP contribution in [0.3, 0.4) is 0 Å². The summed E-state index contributed by atoms with van der Waals surface area (Å²) in [5.74, 6) is 0.594. The zero-order valence-electron chi connectivity index (χ0n) is 79.9. The van der Waals surface area contributed by atoms with Crippen molar-refractivity contribution < 1.29 is 42.1 Å². The van der Waals surface area contributed by atoms with Crippen LogP contribution >= 0.6 is 48.9 Å². The van der Waals surface area contributed by atoms with Crippen LogP contribution in [0.1, 0.15) is 235 Å². The quantitative estimate of drug-likeness (QED) is 0.0417. The number of hydrogen-bond acceptors (Lipinski definition) is 5. The van der Waals surface area contributed by atoms with E-state index in [1.54, 1.807) is 5.56 Å². The summed E-state index contributed by atoms with van der Waals surface area (Å²) < 4.78 is 3.16. The number of halogens is 5. The van der Waals surface area contributed by atoms with Crippen molar-refractivity contribution >= 4 is 80.6 Å². The third-order valence-electron chi connectivity index (χ3n) is 25.5. The molecule has 0 amide bonds. The molecule has 16 rings (SSSR count). The van der Waals surface area contributed by atoms with Crippen LogP contribution in [-0.2, 0) is 125 Å². The number of para-hydroxylation sites is 2. The van der Waals surface area contributed by atoms with Gasteiger partial charge in [0.25, 0.3) is 0 Å². The van der Waals surface area contributed by atoms with E-state index in [-0.39, 0.29) is 27.4 Å². The first-order valence-corrected chi connectivity index (χ1v) is 58.5. The van der Waals surface area contributed by atoms with Crippen LogP contribution in [0.25, 0.3) is 11.6 Å². The Morgan fingerprint density at radius 2 is 0.733 bits per heavy atom. The van der Waals surface area contributed by atoms with Crippen molar-refractivity contribution in [1.29, 1.82) is 0 Å². The van der Waals surface area contributed by atoms with Crippen LogP contribution in [0.2, 0.25) is 0 Å². The monoisotopic (exact) mass is 2070 g/mol. The molecule has 2 atom stereocenters. The Kier molecular flexibility index (Phi) is 41.5. The Morgan fingerprint density at radius 3 is 1.11 bits per heavy atom. The molecule has 0 saturated carbocycles. The van der Waals surface area contributed by atoms with Gasteiger partial charge in [-0.2, -0.15) is 0 Å². The normalized spacial score (nSPS) is 16.7. The summed E-state index contributed by atoms with van der Waals surface area (Å²) in [5.41, 5.74) is 30.9. The minimum atomic E-state index is -1.88. The van der Waals surface area contributed by atoms with Gasteiger partial charge in [-0.05, 0) is 155 Å². The number of allylic oxidation sites excluding steroid dienone is 1. The van der Waals surface area contributed by atoms with E-state index in [9.17, 15) is 0 Å². The first-order chi connectivity index (χ1) is 63.0. The van der Waals surface area contributed by atoms with Gasteiger partial charge in [-0.1, -0.05) is 269 Å². The van der Waals surface area contributed by atoms with Crippen molar-refractivity contribution in [2.24, 2.45) is 5.41 Å². The standard InChI is InChI=1S/C23H30N.C23H23N.C22H21N.C18H28N.C17H26N.C15H10.5ClH.Cu.2Ru/c1-6-18-12-11-13-19(7-2)21(18)24-17-23(5,16-22(24,3)4)20-14-9-8-10-15-20;1-2-22-15-9-10-16-23(22)19-24(17-20-11-5-3-6-12-20)18-21-13-7-4-8-14-21;1-19-10-8-9-15-22(19)18-23(16-20-11-4-2-5-12-20)17-21-13-6-3-7-14-21;1-7-14-10-9-11-15(8-2)16(14)19-13-17(3,4)12-18(19,5)6;1-6-13-9-8-10-14(7-2)16(13)15-11-17(3,4)18(5)12-15;1-2-6-12(7-3-1)15-11-10-13-8-4-5-9-14(13)15;;;;;;;;/h8-15,17H,6-7,16H2,1-5H3;2-16H,1,17-19H2;1-15H,16-18H2;9-11,13H,7-8,12H2,1-6H3;8-10,12,15H,6-7,11H2,1-5H3;1-9,11H;5*1H;;;/q-1;;;2*-1;;;;;;;+1;2*+2/p-5. The van der Waals surface area contributed by atoms with E-state index in [2.05, 4.69) is 472 Å². The van der Waals surface area contributed by atoms with Crippen LogP contribution < -0.4 is 9.80 Å². The molecule has 0 spiro atoms. The minimum absolute atomic E-state index is 0.0800. The number of rotatable bonds is 25. The van der Waals surface area contributed by atoms with Gasteiger partial charge in [-0.25, -0.2) is 13.1 Å². The van der Waals surface area contributed by atoms with Gasteiger partial charge in [0.15, 0.2) is 0 Å². The summed E-state index contributed by atoms with van der Waals surface area (Å²) in [6.45, 7) is 51.5.